The van der Waals surface area contributed by atoms with Crippen molar-refractivity contribution in [1.29, 1.82) is 0 Å². The summed E-state index contributed by atoms with van der Waals surface area (Å²) in [7, 11) is 0. The lowest BCUT2D eigenvalue weighted by Crippen LogP contribution is -1.78. The van der Waals surface area contributed by atoms with Crippen LogP contribution in [0.3, 0.4) is 0 Å². The van der Waals surface area contributed by atoms with Crippen LogP contribution in [-0.4, -0.2) is 5.16 Å². The van der Waals surface area contributed by atoms with Crippen molar-refractivity contribution in [3.8, 4) is 0 Å². The van der Waals surface area contributed by atoms with Crippen molar-refractivity contribution in [2.45, 2.75) is 0 Å². The molecule has 0 bridgehead atoms. The first-order valence-corrected chi connectivity index (χ1v) is 4.04. The highest BCUT2D eigenvalue weighted by atomic mass is 35.5. The summed E-state index contributed by atoms with van der Waals surface area (Å²) in [6.07, 6.45) is 0. The number of benzene rings is 1. The highest BCUT2D eigenvalue weighted by molar-refractivity contribution is 7.78. The second-order valence-electron chi connectivity index (χ2n) is 1.89. The largest absolute Gasteiger partial charge is 0.203 e. The van der Waals surface area contributed by atoms with Crippen molar-refractivity contribution in [1.82, 2.24) is 0 Å². The third-order valence-corrected chi connectivity index (χ3v) is 1.87. The van der Waals surface area contributed by atoms with Crippen molar-refractivity contribution in [3.05, 3.63) is 28.0 Å². The highest BCUT2D eigenvalue weighted by Crippen LogP contribution is 2.31. The van der Waals surface area contributed by atoms with Crippen LogP contribution in [0.4, 0.5) is 10.1 Å². The van der Waals surface area contributed by atoms with E-state index in [1.165, 1.54) is 12.1 Å². The highest BCUT2D eigenvalue weighted by Gasteiger charge is 2.09. The topological polar surface area (TPSA) is 12.4 Å². The zero-order valence-corrected chi connectivity index (χ0v) is 7.97. The molecule has 0 fully saturated rings. The summed E-state index contributed by atoms with van der Waals surface area (Å²) < 4.78 is 13.1. The number of thiocarbonyl (C=S) groups is 1. The Bertz CT molecular complexity index is 361. The third kappa shape index (κ3) is 1.82. The molecule has 0 unspecified atom stereocenters. The maximum atomic E-state index is 13.1. The van der Waals surface area contributed by atoms with Crippen LogP contribution in [0.2, 0.25) is 10.0 Å². The maximum Gasteiger partial charge on any atom is 0.169 e. The van der Waals surface area contributed by atoms with Crippen LogP contribution in [0.5, 0.6) is 0 Å². The molecule has 0 aliphatic rings. The van der Waals surface area contributed by atoms with E-state index in [2.05, 4.69) is 17.2 Å². The summed E-state index contributed by atoms with van der Waals surface area (Å²) >= 11 is 15.4. The molecule has 0 amide bonds. The summed E-state index contributed by atoms with van der Waals surface area (Å²) in [5.41, 5.74) is -0.0702. The number of nitrogens with zero attached hydrogens (tertiary/aromatic N) is 1. The van der Waals surface area contributed by atoms with Gasteiger partial charge in [-0.1, -0.05) is 23.2 Å². The monoisotopic (exact) mass is 221 g/mol. The van der Waals surface area contributed by atoms with Crippen LogP contribution < -0.4 is 0 Å². The van der Waals surface area contributed by atoms with E-state index in [1.54, 1.807) is 0 Å². The lowest BCUT2D eigenvalue weighted by atomic mass is 10.3. The van der Waals surface area contributed by atoms with E-state index in [1.807, 2.05) is 5.16 Å². The number of halogens is 3. The average Bonchev–Trinajstić information content (AvgIpc) is 2.06. The number of rotatable bonds is 1. The Hall–Kier alpha value is -0.470. The quantitative estimate of drug-likeness (QED) is 0.399. The van der Waals surface area contributed by atoms with Gasteiger partial charge in [-0.3, -0.25) is 0 Å². The Labute approximate surface area is 83.8 Å². The van der Waals surface area contributed by atoms with Crippen LogP contribution in [0, 0.1) is 5.82 Å². The molecule has 1 aromatic rings. The predicted octanol–water partition coefficient (Wildman–Crippen LogP) is 3.87. The Balaban J connectivity index is 3.42. The summed E-state index contributed by atoms with van der Waals surface area (Å²) in [4.78, 5) is 3.44. The summed E-state index contributed by atoms with van der Waals surface area (Å²) in [5, 5.41) is 2.14. The zero-order chi connectivity index (χ0) is 9.14. The minimum Gasteiger partial charge on any atom is -0.203 e. The molecular weight excluding hydrogens is 220 g/mol. The molecule has 0 atom stereocenters. The van der Waals surface area contributed by atoms with Gasteiger partial charge in [-0.25, -0.2) is 4.39 Å². The van der Waals surface area contributed by atoms with Gasteiger partial charge in [0.1, 0.15) is 5.69 Å². The van der Waals surface area contributed by atoms with Gasteiger partial charge in [0.25, 0.3) is 0 Å². The van der Waals surface area contributed by atoms with Crippen molar-refractivity contribution >= 4 is 46.3 Å². The first-order valence-electron chi connectivity index (χ1n) is 2.88. The lowest BCUT2D eigenvalue weighted by Gasteiger charge is -1.98. The van der Waals surface area contributed by atoms with Gasteiger partial charge in [0.15, 0.2) is 5.82 Å². The van der Waals surface area contributed by atoms with Gasteiger partial charge in [-0.15, -0.1) is 0 Å². The summed E-state index contributed by atoms with van der Waals surface area (Å²) in [6.45, 7) is 0. The van der Waals surface area contributed by atoms with Crippen LogP contribution >= 0.6 is 35.4 Å². The second-order valence-corrected chi connectivity index (χ2v) is 2.89. The van der Waals surface area contributed by atoms with Crippen molar-refractivity contribution in [2.24, 2.45) is 4.99 Å². The normalized spacial score (nSPS) is 9.25. The smallest absolute Gasteiger partial charge is 0.169 e. The van der Waals surface area contributed by atoms with E-state index in [4.69, 9.17) is 23.2 Å². The summed E-state index contributed by atoms with van der Waals surface area (Å²) in [6, 6.07) is 2.79. The van der Waals surface area contributed by atoms with Gasteiger partial charge in [0, 0.05) is 0 Å². The van der Waals surface area contributed by atoms with E-state index in [0.717, 1.165) is 0 Å². The van der Waals surface area contributed by atoms with Crippen LogP contribution in [-0.2, 0) is 0 Å². The first kappa shape index (κ1) is 9.62. The predicted molar refractivity (Wildman–Crippen MR) is 51.1 cm³/mol. The number of aliphatic imine (C=N–C) groups is 1. The Kier molecular flexibility index (Phi) is 3.18. The number of hydrogen-bond donors (Lipinski definition) is 0. The minimum atomic E-state index is -0.679. The second kappa shape index (κ2) is 3.97. The van der Waals surface area contributed by atoms with Gasteiger partial charge in [-0.05, 0) is 24.4 Å². The van der Waals surface area contributed by atoms with Gasteiger partial charge in [0.05, 0.1) is 15.2 Å². The Morgan fingerprint density at radius 3 is 2.50 bits per heavy atom. The number of hydrogen-bond acceptors (Lipinski definition) is 2. The fourth-order valence-electron chi connectivity index (χ4n) is 0.665. The average molecular weight is 222 g/mol. The fourth-order valence-corrected chi connectivity index (χ4v) is 1.10. The van der Waals surface area contributed by atoms with Gasteiger partial charge < -0.3 is 0 Å². The molecule has 1 aromatic carbocycles. The molecule has 0 spiro atoms. The van der Waals surface area contributed by atoms with Crippen LogP contribution in [0.25, 0.3) is 0 Å². The van der Waals surface area contributed by atoms with Gasteiger partial charge in [0.2, 0.25) is 0 Å². The summed E-state index contributed by atoms with van der Waals surface area (Å²) in [5.74, 6) is -0.679. The lowest BCUT2D eigenvalue weighted by molar-refractivity contribution is 0.630. The minimum absolute atomic E-state index is 0.0385. The molecule has 0 radical (unpaired) electrons. The molecule has 0 saturated carbocycles. The molecule has 0 aliphatic heterocycles. The molecule has 0 saturated heterocycles. The van der Waals surface area contributed by atoms with E-state index < -0.39 is 5.82 Å². The first-order chi connectivity index (χ1) is 5.66. The van der Waals surface area contributed by atoms with Crippen LogP contribution in [0.1, 0.15) is 0 Å². The van der Waals surface area contributed by atoms with Crippen LogP contribution in [0.15, 0.2) is 17.1 Å². The van der Waals surface area contributed by atoms with Gasteiger partial charge >= 0.3 is 0 Å². The zero-order valence-electron chi connectivity index (χ0n) is 5.64. The molecule has 62 valence electrons. The Morgan fingerprint density at radius 2 is 1.92 bits per heavy atom. The fraction of sp³-hybridized carbons (Fsp3) is 0. The molecule has 0 N–H and O–H groups in total. The third-order valence-electron chi connectivity index (χ3n) is 1.18. The molecule has 0 aliphatic carbocycles. The van der Waals surface area contributed by atoms with E-state index in [0.29, 0.717) is 0 Å². The standard InChI is InChI=1S/C7H2Cl2FNS/c8-4-1-2-5(9)7(6(4)10)11-3-12/h1-2H. The van der Waals surface area contributed by atoms with Gasteiger partial charge in [-0.2, -0.15) is 4.99 Å². The van der Waals surface area contributed by atoms with E-state index in [9.17, 15) is 4.39 Å². The molecule has 0 aromatic heterocycles. The molecule has 1 nitrogen and oxygen atoms in total. The van der Waals surface area contributed by atoms with Crippen molar-refractivity contribution < 1.29 is 4.39 Å². The van der Waals surface area contributed by atoms with Crippen molar-refractivity contribution in [3.63, 3.8) is 0 Å². The van der Waals surface area contributed by atoms with Crippen molar-refractivity contribution in [2.75, 3.05) is 0 Å². The molecular formula is C7H2Cl2FNS. The van der Waals surface area contributed by atoms with E-state index in [-0.39, 0.29) is 15.7 Å². The maximum absolute atomic E-state index is 13.1. The molecule has 1 rings (SSSR count). The molecule has 5 heteroatoms. The molecule has 0 heterocycles. The SMILES string of the molecule is Fc1c(Cl)ccc(Cl)c1N=C=S. The van der Waals surface area contributed by atoms with E-state index >= 15 is 0 Å². The Morgan fingerprint density at radius 1 is 1.33 bits per heavy atom. The number of isothiocyanates is 1. The molecule has 12 heavy (non-hydrogen) atoms.